The van der Waals surface area contributed by atoms with E-state index < -0.39 is 28.0 Å². The molecule has 0 unspecified atom stereocenters. The van der Waals surface area contributed by atoms with Crippen LogP contribution in [0.1, 0.15) is 11.1 Å². The van der Waals surface area contributed by atoms with Crippen LogP contribution >= 0.6 is 0 Å². The second-order valence-corrected chi connectivity index (χ2v) is 6.36. The van der Waals surface area contributed by atoms with E-state index in [1.807, 2.05) is 0 Å². The molecule has 2 aromatic carbocycles. The molecule has 0 radical (unpaired) electrons. The molecule has 24 heavy (non-hydrogen) atoms. The molecular formula is C15H13F3O5S. The van der Waals surface area contributed by atoms with Gasteiger partial charge >= 0.3 is 15.6 Å². The van der Waals surface area contributed by atoms with E-state index in [1.165, 1.54) is 12.1 Å². The van der Waals surface area contributed by atoms with Crippen molar-refractivity contribution in [2.24, 2.45) is 0 Å². The predicted octanol–water partition coefficient (Wildman–Crippen LogP) is 2.57. The summed E-state index contributed by atoms with van der Waals surface area (Å²) < 4.78 is 63.9. The number of benzene rings is 2. The molecule has 0 heterocycles. The monoisotopic (exact) mass is 362 g/mol. The minimum absolute atomic E-state index is 0.0986. The van der Waals surface area contributed by atoms with Crippen molar-refractivity contribution in [3.05, 3.63) is 53.6 Å². The molecule has 0 aliphatic carbocycles. The highest BCUT2D eigenvalue weighted by Gasteiger charge is 2.48. The molecule has 130 valence electrons. The number of alkyl halides is 3. The van der Waals surface area contributed by atoms with Crippen LogP contribution in [0, 0.1) is 0 Å². The highest BCUT2D eigenvalue weighted by atomic mass is 32.2. The largest absolute Gasteiger partial charge is 0.534 e. The molecule has 0 aliphatic heterocycles. The molecule has 0 atom stereocenters. The van der Waals surface area contributed by atoms with Crippen LogP contribution in [0.5, 0.6) is 5.75 Å². The molecule has 0 aliphatic rings. The zero-order valence-corrected chi connectivity index (χ0v) is 12.9. The first-order chi connectivity index (χ1) is 11.2. The highest BCUT2D eigenvalue weighted by molar-refractivity contribution is 7.88. The third-order valence-electron chi connectivity index (χ3n) is 3.19. The first-order valence-corrected chi connectivity index (χ1v) is 8.03. The maximum atomic E-state index is 12.5. The molecule has 0 bridgehead atoms. The average Bonchev–Trinajstić information content (AvgIpc) is 2.53. The summed E-state index contributed by atoms with van der Waals surface area (Å²) in [7, 11) is -5.84. The quantitative estimate of drug-likeness (QED) is 0.631. The van der Waals surface area contributed by atoms with Crippen molar-refractivity contribution in [3.8, 4) is 16.9 Å². The molecular weight excluding hydrogens is 349 g/mol. The van der Waals surface area contributed by atoms with E-state index in [9.17, 15) is 21.6 Å². The molecule has 0 spiro atoms. The Morgan fingerprint density at radius 3 is 2.00 bits per heavy atom. The van der Waals surface area contributed by atoms with Gasteiger partial charge < -0.3 is 14.4 Å². The Kier molecular flexibility index (Phi) is 5.16. The van der Waals surface area contributed by atoms with Gasteiger partial charge in [0.25, 0.3) is 0 Å². The van der Waals surface area contributed by atoms with Gasteiger partial charge in [-0.05, 0) is 22.8 Å². The first kappa shape index (κ1) is 18.2. The van der Waals surface area contributed by atoms with E-state index in [2.05, 4.69) is 4.18 Å². The molecule has 0 fully saturated rings. The van der Waals surface area contributed by atoms with Gasteiger partial charge in [-0.1, -0.05) is 36.4 Å². The molecule has 2 aromatic rings. The van der Waals surface area contributed by atoms with Crippen molar-refractivity contribution in [1.82, 2.24) is 0 Å². The molecule has 5 nitrogen and oxygen atoms in total. The van der Waals surface area contributed by atoms with Gasteiger partial charge in [0.05, 0.1) is 13.2 Å². The van der Waals surface area contributed by atoms with Gasteiger partial charge in [0.15, 0.2) is 0 Å². The second-order valence-electron chi connectivity index (χ2n) is 4.82. The van der Waals surface area contributed by atoms with Crippen molar-refractivity contribution in [3.63, 3.8) is 0 Å². The number of rotatable bonds is 5. The number of aliphatic hydroxyl groups excluding tert-OH is 2. The van der Waals surface area contributed by atoms with Crippen LogP contribution in [0.3, 0.4) is 0 Å². The number of aliphatic hydroxyl groups is 2. The standard InChI is InChI=1S/C15H13F3O5S/c16-15(17,18)24(21,22)23-14-7-12(5-6-13(14)9-20)11-3-1-10(8-19)2-4-11/h1-7,19-20H,8-9H2. The summed E-state index contributed by atoms with van der Waals surface area (Å²) in [6.07, 6.45) is 0. The van der Waals surface area contributed by atoms with Crippen LogP contribution in [0.2, 0.25) is 0 Å². The van der Waals surface area contributed by atoms with Crippen LogP contribution < -0.4 is 4.18 Å². The Balaban J connectivity index is 2.44. The summed E-state index contributed by atoms with van der Waals surface area (Å²) >= 11 is 0. The van der Waals surface area contributed by atoms with E-state index in [-0.39, 0.29) is 12.2 Å². The Hall–Kier alpha value is -2.10. The lowest BCUT2D eigenvalue weighted by Crippen LogP contribution is -2.28. The van der Waals surface area contributed by atoms with Crippen molar-refractivity contribution in [2.45, 2.75) is 18.7 Å². The van der Waals surface area contributed by atoms with Crippen LogP contribution in [0.25, 0.3) is 11.1 Å². The number of hydrogen-bond acceptors (Lipinski definition) is 5. The maximum Gasteiger partial charge on any atom is 0.534 e. The Labute approximate surface area is 136 Å². The number of hydrogen-bond donors (Lipinski definition) is 2. The Bertz CT molecular complexity index is 814. The predicted molar refractivity (Wildman–Crippen MR) is 79.3 cm³/mol. The van der Waals surface area contributed by atoms with Crippen molar-refractivity contribution in [1.29, 1.82) is 0 Å². The molecule has 2 rings (SSSR count). The van der Waals surface area contributed by atoms with Gasteiger partial charge in [0, 0.05) is 5.56 Å². The fourth-order valence-corrected chi connectivity index (χ4v) is 2.40. The molecule has 2 N–H and O–H groups in total. The lowest BCUT2D eigenvalue weighted by molar-refractivity contribution is -0.0500. The van der Waals surface area contributed by atoms with E-state index in [1.54, 1.807) is 24.3 Å². The van der Waals surface area contributed by atoms with E-state index >= 15 is 0 Å². The van der Waals surface area contributed by atoms with Gasteiger partial charge in [0.1, 0.15) is 5.75 Å². The lowest BCUT2D eigenvalue weighted by Gasteiger charge is -2.13. The normalized spacial score (nSPS) is 12.2. The van der Waals surface area contributed by atoms with E-state index in [0.717, 1.165) is 6.07 Å². The summed E-state index contributed by atoms with van der Waals surface area (Å²) in [6.45, 7) is -0.853. The van der Waals surface area contributed by atoms with Crippen LogP contribution in [-0.2, 0) is 23.3 Å². The minimum atomic E-state index is -5.84. The summed E-state index contributed by atoms with van der Waals surface area (Å²) in [5.41, 5.74) is -4.06. The second kappa shape index (κ2) is 6.80. The maximum absolute atomic E-state index is 12.5. The van der Waals surface area contributed by atoms with Crippen LogP contribution in [0.4, 0.5) is 13.2 Å². The average molecular weight is 362 g/mol. The van der Waals surface area contributed by atoms with Gasteiger partial charge in [-0.25, -0.2) is 0 Å². The fraction of sp³-hybridized carbons (Fsp3) is 0.200. The summed E-state index contributed by atoms with van der Waals surface area (Å²) in [6, 6.07) is 10.3. The summed E-state index contributed by atoms with van der Waals surface area (Å²) in [5.74, 6) is -0.599. The van der Waals surface area contributed by atoms with E-state index in [0.29, 0.717) is 16.7 Å². The van der Waals surface area contributed by atoms with Crippen molar-refractivity contribution < 1.29 is 36.0 Å². The topological polar surface area (TPSA) is 83.8 Å². The third-order valence-corrected chi connectivity index (χ3v) is 4.16. The third kappa shape index (κ3) is 3.86. The van der Waals surface area contributed by atoms with E-state index in [4.69, 9.17) is 10.2 Å². The first-order valence-electron chi connectivity index (χ1n) is 6.62. The van der Waals surface area contributed by atoms with Crippen LogP contribution in [-0.4, -0.2) is 24.1 Å². The smallest absolute Gasteiger partial charge is 0.392 e. The zero-order chi connectivity index (χ0) is 18.0. The highest BCUT2D eigenvalue weighted by Crippen LogP contribution is 2.32. The lowest BCUT2D eigenvalue weighted by atomic mass is 10.0. The van der Waals surface area contributed by atoms with Gasteiger partial charge in [-0.2, -0.15) is 21.6 Å². The SMILES string of the molecule is O=S(=O)(Oc1cc(-c2ccc(CO)cc2)ccc1CO)C(F)(F)F. The summed E-state index contributed by atoms with van der Waals surface area (Å²) in [5, 5.41) is 18.2. The van der Waals surface area contributed by atoms with Gasteiger partial charge in [-0.3, -0.25) is 0 Å². The molecule has 0 amide bonds. The van der Waals surface area contributed by atoms with Crippen LogP contribution in [0.15, 0.2) is 42.5 Å². The van der Waals surface area contributed by atoms with Gasteiger partial charge in [-0.15, -0.1) is 0 Å². The molecule has 9 heteroatoms. The molecule has 0 aromatic heterocycles. The van der Waals surface area contributed by atoms with Crippen molar-refractivity contribution >= 4 is 10.1 Å². The Morgan fingerprint density at radius 1 is 0.917 bits per heavy atom. The summed E-state index contributed by atoms with van der Waals surface area (Å²) in [4.78, 5) is 0. The fourth-order valence-electron chi connectivity index (χ4n) is 1.91. The molecule has 0 saturated heterocycles. The Morgan fingerprint density at radius 2 is 1.50 bits per heavy atom. The van der Waals surface area contributed by atoms with Gasteiger partial charge in [0.2, 0.25) is 0 Å². The minimum Gasteiger partial charge on any atom is -0.392 e. The van der Waals surface area contributed by atoms with Crippen molar-refractivity contribution in [2.75, 3.05) is 0 Å². The zero-order valence-electron chi connectivity index (χ0n) is 12.1. The molecule has 0 saturated carbocycles. The number of halogens is 3.